The van der Waals surface area contributed by atoms with Gasteiger partial charge in [0.25, 0.3) is 0 Å². The molecule has 0 spiro atoms. The number of imidazole rings is 1. The van der Waals surface area contributed by atoms with Gasteiger partial charge in [-0.2, -0.15) is 0 Å². The summed E-state index contributed by atoms with van der Waals surface area (Å²) >= 11 is 0. The van der Waals surface area contributed by atoms with Crippen LogP contribution in [-0.2, 0) is 6.54 Å². The van der Waals surface area contributed by atoms with Crippen LogP contribution in [0.4, 0.5) is 4.39 Å². The lowest BCUT2D eigenvalue weighted by Gasteiger charge is -2.03. The molecule has 0 N–H and O–H groups in total. The summed E-state index contributed by atoms with van der Waals surface area (Å²) in [6, 6.07) is 11.8. The van der Waals surface area contributed by atoms with Crippen molar-refractivity contribution in [3.63, 3.8) is 0 Å². The number of halogens is 1. The highest BCUT2D eigenvalue weighted by Crippen LogP contribution is 2.23. The average molecular weight is 345 g/mol. The Balaban J connectivity index is 1.54. The van der Waals surface area contributed by atoms with E-state index in [4.69, 9.17) is 4.52 Å². The summed E-state index contributed by atoms with van der Waals surface area (Å²) in [5.74, 6) is 0.389. The molecule has 0 saturated carbocycles. The fourth-order valence-corrected chi connectivity index (χ4v) is 3.00. The van der Waals surface area contributed by atoms with E-state index in [0.29, 0.717) is 18.0 Å². The van der Waals surface area contributed by atoms with Gasteiger partial charge in [-0.3, -0.25) is 9.97 Å². The molecule has 0 aliphatic heterocycles. The zero-order chi connectivity index (χ0) is 17.5. The maximum Gasteiger partial charge on any atom is 0.157 e. The zero-order valence-corrected chi connectivity index (χ0v) is 13.5. The fourth-order valence-electron chi connectivity index (χ4n) is 3.00. The largest absolute Gasteiger partial charge is 0.359 e. The summed E-state index contributed by atoms with van der Waals surface area (Å²) in [5.41, 5.74) is 4.74. The minimum absolute atomic E-state index is 0.282. The van der Waals surface area contributed by atoms with E-state index in [1.54, 1.807) is 30.9 Å². The normalized spacial score (nSPS) is 11.4. The van der Waals surface area contributed by atoms with Gasteiger partial charge in [-0.1, -0.05) is 5.16 Å². The Labute approximate surface area is 146 Å². The van der Waals surface area contributed by atoms with Crippen molar-refractivity contribution in [1.29, 1.82) is 0 Å². The van der Waals surface area contributed by atoms with Crippen LogP contribution in [0.2, 0.25) is 0 Å². The van der Waals surface area contributed by atoms with Gasteiger partial charge in [0.15, 0.2) is 5.76 Å². The second-order valence-corrected chi connectivity index (χ2v) is 5.92. The topological polar surface area (TPSA) is 69.6 Å². The molecule has 0 amide bonds. The second-order valence-electron chi connectivity index (χ2n) is 5.92. The molecule has 0 unspecified atom stereocenters. The molecule has 0 aliphatic rings. The lowest BCUT2D eigenvalue weighted by atomic mass is 10.1. The first-order valence-corrected chi connectivity index (χ1v) is 8.04. The predicted molar refractivity (Wildman–Crippen MR) is 93.8 cm³/mol. The average Bonchev–Trinajstić information content (AvgIpc) is 3.30. The molecular weight excluding hydrogens is 333 g/mol. The van der Waals surface area contributed by atoms with Crippen LogP contribution >= 0.6 is 0 Å². The summed E-state index contributed by atoms with van der Waals surface area (Å²) < 4.78 is 20.5. The first-order valence-electron chi connectivity index (χ1n) is 8.04. The molecule has 6 nitrogen and oxygen atoms in total. The van der Waals surface area contributed by atoms with Crippen LogP contribution in [0.25, 0.3) is 33.3 Å². The van der Waals surface area contributed by atoms with Crippen molar-refractivity contribution in [1.82, 2.24) is 24.7 Å². The zero-order valence-electron chi connectivity index (χ0n) is 13.5. The molecule has 0 atom stereocenters. The quantitative estimate of drug-likeness (QED) is 0.497. The molecule has 26 heavy (non-hydrogen) atoms. The highest BCUT2D eigenvalue weighted by molar-refractivity contribution is 5.99. The van der Waals surface area contributed by atoms with Crippen LogP contribution in [-0.4, -0.2) is 24.7 Å². The predicted octanol–water partition coefficient (Wildman–Crippen LogP) is 3.82. The number of fused-ring (bicyclic) bond motifs is 3. The molecule has 7 heteroatoms. The standard InChI is InChI=1S/C19H12FN5O/c20-13-5-3-12(4-6-13)16-8-14(26-24-16)10-25-11-23-17-9-22-15-2-1-7-21-18(15)19(17)25/h1-9,11H,10H2. The van der Waals surface area contributed by atoms with Gasteiger partial charge in [-0.25, -0.2) is 9.37 Å². The van der Waals surface area contributed by atoms with Gasteiger partial charge < -0.3 is 9.09 Å². The van der Waals surface area contributed by atoms with Gasteiger partial charge in [0.05, 0.1) is 30.1 Å². The van der Waals surface area contributed by atoms with Crippen molar-refractivity contribution in [2.75, 3.05) is 0 Å². The second kappa shape index (κ2) is 5.73. The Morgan fingerprint density at radius 2 is 1.88 bits per heavy atom. The number of rotatable bonds is 3. The van der Waals surface area contributed by atoms with Gasteiger partial charge >= 0.3 is 0 Å². The molecular formula is C19H12FN5O. The van der Waals surface area contributed by atoms with Crippen LogP contribution in [0, 0.1) is 5.82 Å². The van der Waals surface area contributed by atoms with Crippen LogP contribution < -0.4 is 0 Å². The molecule has 1 aromatic carbocycles. The third kappa shape index (κ3) is 2.41. The molecule has 4 heterocycles. The molecule has 0 fully saturated rings. The minimum Gasteiger partial charge on any atom is -0.359 e. The summed E-state index contributed by atoms with van der Waals surface area (Å²) in [6.45, 7) is 0.459. The van der Waals surface area contributed by atoms with Gasteiger partial charge in [-0.05, 0) is 36.4 Å². The third-order valence-corrected chi connectivity index (χ3v) is 4.23. The minimum atomic E-state index is -0.282. The highest BCUT2D eigenvalue weighted by Gasteiger charge is 2.12. The van der Waals surface area contributed by atoms with Crippen molar-refractivity contribution in [2.24, 2.45) is 0 Å². The molecule has 5 rings (SSSR count). The molecule has 4 aromatic heterocycles. The Morgan fingerprint density at radius 3 is 2.77 bits per heavy atom. The Morgan fingerprint density at radius 1 is 1.00 bits per heavy atom. The SMILES string of the molecule is Fc1ccc(-c2cc(Cn3cnc4cnc5cccnc5c43)on2)cc1. The van der Waals surface area contributed by atoms with E-state index in [9.17, 15) is 4.39 Å². The summed E-state index contributed by atoms with van der Waals surface area (Å²) in [4.78, 5) is 13.2. The monoisotopic (exact) mass is 345 g/mol. The molecule has 0 saturated heterocycles. The number of pyridine rings is 2. The molecule has 5 aromatic rings. The van der Waals surface area contributed by atoms with Crippen LogP contribution in [0.3, 0.4) is 0 Å². The third-order valence-electron chi connectivity index (χ3n) is 4.23. The highest BCUT2D eigenvalue weighted by atomic mass is 19.1. The first-order chi connectivity index (χ1) is 12.8. The van der Waals surface area contributed by atoms with Crippen molar-refractivity contribution < 1.29 is 8.91 Å². The van der Waals surface area contributed by atoms with Crippen LogP contribution in [0.5, 0.6) is 0 Å². The Bertz CT molecular complexity index is 1230. The molecule has 126 valence electrons. The van der Waals surface area contributed by atoms with Gasteiger partial charge in [-0.15, -0.1) is 0 Å². The Hall–Kier alpha value is -3.61. The van der Waals surface area contributed by atoms with Crippen molar-refractivity contribution in [3.05, 3.63) is 72.8 Å². The first kappa shape index (κ1) is 14.7. The maximum atomic E-state index is 13.1. The Kier molecular flexibility index (Phi) is 3.24. The van der Waals surface area contributed by atoms with Crippen LogP contribution in [0.15, 0.2) is 65.7 Å². The van der Waals surface area contributed by atoms with Crippen molar-refractivity contribution >= 4 is 22.1 Å². The molecule has 0 aliphatic carbocycles. The van der Waals surface area contributed by atoms with Crippen molar-refractivity contribution in [2.45, 2.75) is 6.54 Å². The smallest absolute Gasteiger partial charge is 0.157 e. The number of hydrogen-bond acceptors (Lipinski definition) is 5. The van der Waals surface area contributed by atoms with Gasteiger partial charge in [0.2, 0.25) is 0 Å². The van der Waals surface area contributed by atoms with E-state index < -0.39 is 0 Å². The molecule has 0 radical (unpaired) electrons. The number of aromatic nitrogens is 5. The number of hydrogen-bond donors (Lipinski definition) is 0. The summed E-state index contributed by atoms with van der Waals surface area (Å²) in [6.07, 6.45) is 5.21. The molecule has 0 bridgehead atoms. The fraction of sp³-hybridized carbons (Fsp3) is 0.0526. The van der Waals surface area contributed by atoms with Gasteiger partial charge in [0, 0.05) is 17.8 Å². The lowest BCUT2D eigenvalue weighted by molar-refractivity contribution is 0.379. The summed E-state index contributed by atoms with van der Waals surface area (Å²) in [7, 11) is 0. The van der Waals surface area contributed by atoms with E-state index in [0.717, 1.165) is 27.6 Å². The van der Waals surface area contributed by atoms with E-state index >= 15 is 0 Å². The summed E-state index contributed by atoms with van der Waals surface area (Å²) in [5, 5.41) is 4.08. The lowest BCUT2D eigenvalue weighted by Crippen LogP contribution is -1.98. The number of nitrogens with zero attached hydrogens (tertiary/aromatic N) is 5. The van der Waals surface area contributed by atoms with E-state index in [-0.39, 0.29) is 5.82 Å². The van der Waals surface area contributed by atoms with E-state index in [1.165, 1.54) is 12.1 Å². The maximum absolute atomic E-state index is 13.1. The van der Waals surface area contributed by atoms with E-state index in [1.807, 2.05) is 22.8 Å². The van der Waals surface area contributed by atoms with Crippen LogP contribution in [0.1, 0.15) is 5.76 Å². The van der Waals surface area contributed by atoms with Crippen molar-refractivity contribution in [3.8, 4) is 11.3 Å². The van der Waals surface area contributed by atoms with Gasteiger partial charge in [0.1, 0.15) is 22.5 Å². The van der Waals surface area contributed by atoms with E-state index in [2.05, 4.69) is 20.1 Å². The number of benzene rings is 1.